The molecule has 0 saturated heterocycles. The minimum absolute atomic E-state index is 0.0557. The predicted molar refractivity (Wildman–Crippen MR) is 89.4 cm³/mol. The maximum absolute atomic E-state index is 11.8. The smallest absolute Gasteiger partial charge is 0.264 e. The van der Waals surface area contributed by atoms with Crippen LogP contribution in [0.25, 0.3) is 6.08 Å². The molecule has 0 aliphatic heterocycles. The average molecular weight is 350 g/mol. The van der Waals surface area contributed by atoms with Gasteiger partial charge in [0.1, 0.15) is 0 Å². The average Bonchev–Trinajstić information content (AvgIpc) is 2.97. The third-order valence-electron chi connectivity index (χ3n) is 2.65. The number of thiophene rings is 1. The highest BCUT2D eigenvalue weighted by molar-refractivity contribution is 7.90. The van der Waals surface area contributed by atoms with Gasteiger partial charge in [0.2, 0.25) is 11.8 Å². The fourth-order valence-electron chi connectivity index (χ4n) is 1.69. The second-order valence-corrected chi connectivity index (χ2v) is 7.19. The van der Waals surface area contributed by atoms with Crippen LogP contribution in [0.2, 0.25) is 0 Å². The molecule has 6 nitrogen and oxygen atoms in total. The van der Waals surface area contributed by atoms with Gasteiger partial charge in [0.15, 0.2) is 0 Å². The molecule has 0 unspecified atom stereocenters. The van der Waals surface area contributed by atoms with Crippen molar-refractivity contribution in [3.63, 3.8) is 0 Å². The number of sulfonamides is 1. The molecule has 2 N–H and O–H groups in total. The van der Waals surface area contributed by atoms with Crippen LogP contribution in [0, 0.1) is 0 Å². The summed E-state index contributed by atoms with van der Waals surface area (Å²) in [5.41, 5.74) is 0.451. The Labute approximate surface area is 137 Å². The Bertz CT molecular complexity index is 823. The summed E-state index contributed by atoms with van der Waals surface area (Å²) < 4.78 is 25.4. The zero-order valence-electron chi connectivity index (χ0n) is 12.1. The van der Waals surface area contributed by atoms with Gasteiger partial charge in [-0.15, -0.1) is 11.3 Å². The van der Waals surface area contributed by atoms with Crippen LogP contribution in [0.4, 0.5) is 5.69 Å². The molecule has 0 saturated carbocycles. The topological polar surface area (TPSA) is 92.3 Å². The second kappa shape index (κ2) is 7.21. The summed E-state index contributed by atoms with van der Waals surface area (Å²) in [5.74, 6) is -0.989. The largest absolute Gasteiger partial charge is 0.323 e. The molecule has 2 aromatic rings. The van der Waals surface area contributed by atoms with Gasteiger partial charge in [0, 0.05) is 23.6 Å². The highest BCUT2D eigenvalue weighted by atomic mass is 32.2. The fourth-order valence-corrected chi connectivity index (χ4v) is 3.30. The van der Waals surface area contributed by atoms with Gasteiger partial charge in [-0.25, -0.2) is 13.1 Å². The van der Waals surface area contributed by atoms with Gasteiger partial charge in [0.05, 0.1) is 4.90 Å². The number of hydrogen-bond donors (Lipinski definition) is 2. The van der Waals surface area contributed by atoms with E-state index in [0.29, 0.717) is 5.69 Å². The molecular formula is C15H14N2O4S2. The van der Waals surface area contributed by atoms with Crippen LogP contribution in [0.3, 0.4) is 0 Å². The van der Waals surface area contributed by atoms with Gasteiger partial charge >= 0.3 is 0 Å². The van der Waals surface area contributed by atoms with Crippen molar-refractivity contribution < 1.29 is 18.0 Å². The lowest BCUT2D eigenvalue weighted by molar-refractivity contribution is -0.117. The van der Waals surface area contributed by atoms with Crippen LogP contribution in [0.1, 0.15) is 11.8 Å². The molecule has 0 fully saturated rings. The molecule has 1 aromatic heterocycles. The monoisotopic (exact) mass is 350 g/mol. The first-order chi connectivity index (χ1) is 10.9. The summed E-state index contributed by atoms with van der Waals surface area (Å²) in [4.78, 5) is 23.5. The van der Waals surface area contributed by atoms with Gasteiger partial charge in [-0.1, -0.05) is 6.07 Å². The molecule has 2 rings (SSSR count). The van der Waals surface area contributed by atoms with Gasteiger partial charge in [-0.2, -0.15) is 0 Å². The van der Waals surface area contributed by atoms with Crippen molar-refractivity contribution in [1.29, 1.82) is 0 Å². The van der Waals surface area contributed by atoms with Gasteiger partial charge in [0.25, 0.3) is 10.0 Å². The van der Waals surface area contributed by atoms with Crippen molar-refractivity contribution in [3.05, 3.63) is 52.7 Å². The molecular weight excluding hydrogens is 336 g/mol. The predicted octanol–water partition coefficient (Wildman–Crippen LogP) is 2.22. The van der Waals surface area contributed by atoms with E-state index in [1.54, 1.807) is 6.08 Å². The number of nitrogens with one attached hydrogen (secondary N) is 2. The molecule has 8 heteroatoms. The Morgan fingerprint density at radius 3 is 2.39 bits per heavy atom. The van der Waals surface area contributed by atoms with Crippen LogP contribution < -0.4 is 10.0 Å². The van der Waals surface area contributed by atoms with E-state index in [9.17, 15) is 18.0 Å². The van der Waals surface area contributed by atoms with E-state index in [1.807, 2.05) is 22.2 Å². The summed E-state index contributed by atoms with van der Waals surface area (Å²) in [7, 11) is -3.87. The van der Waals surface area contributed by atoms with Crippen molar-refractivity contribution in [2.45, 2.75) is 11.8 Å². The molecule has 2 amide bonds. The van der Waals surface area contributed by atoms with Gasteiger partial charge in [-0.3, -0.25) is 9.59 Å². The maximum atomic E-state index is 11.8. The van der Waals surface area contributed by atoms with E-state index in [-0.39, 0.29) is 10.8 Å². The minimum Gasteiger partial charge on any atom is -0.323 e. The molecule has 0 spiro atoms. The molecule has 1 aromatic carbocycles. The first-order valence-electron chi connectivity index (χ1n) is 6.53. The number of amides is 2. The quantitative estimate of drug-likeness (QED) is 0.809. The number of anilines is 1. The molecule has 0 bridgehead atoms. The molecule has 1 heterocycles. The molecule has 0 aliphatic carbocycles. The van der Waals surface area contributed by atoms with Gasteiger partial charge in [-0.05, 0) is 41.8 Å². The van der Waals surface area contributed by atoms with E-state index < -0.39 is 15.9 Å². The second-order valence-electron chi connectivity index (χ2n) is 4.52. The summed E-state index contributed by atoms with van der Waals surface area (Å²) >= 11 is 1.51. The molecule has 23 heavy (non-hydrogen) atoms. The lowest BCUT2D eigenvalue weighted by Gasteiger charge is -2.06. The number of carbonyl (C=O) groups excluding carboxylic acids is 2. The van der Waals surface area contributed by atoms with Crippen molar-refractivity contribution in [1.82, 2.24) is 4.72 Å². The first-order valence-corrected chi connectivity index (χ1v) is 8.89. The Kier molecular flexibility index (Phi) is 5.30. The van der Waals surface area contributed by atoms with Crippen LogP contribution in [-0.2, 0) is 19.6 Å². The maximum Gasteiger partial charge on any atom is 0.264 e. The Morgan fingerprint density at radius 2 is 1.83 bits per heavy atom. The van der Waals surface area contributed by atoms with Crippen LogP contribution in [0.5, 0.6) is 0 Å². The standard InChI is InChI=1S/C15H14N2O4S2/c1-11(18)17-23(20,21)14-7-4-12(5-8-14)16-15(19)9-6-13-3-2-10-22-13/h2-10H,1H3,(H,16,19)(H,17,18)/b9-6+. The lowest BCUT2D eigenvalue weighted by Crippen LogP contribution is -2.28. The van der Waals surface area contributed by atoms with Crippen molar-refractivity contribution >= 4 is 44.9 Å². The van der Waals surface area contributed by atoms with E-state index >= 15 is 0 Å². The van der Waals surface area contributed by atoms with Crippen LogP contribution >= 0.6 is 11.3 Å². The van der Waals surface area contributed by atoms with E-state index in [4.69, 9.17) is 0 Å². The van der Waals surface area contributed by atoms with E-state index in [1.165, 1.54) is 41.7 Å². The molecule has 0 radical (unpaired) electrons. The highest BCUT2D eigenvalue weighted by Crippen LogP contribution is 2.14. The minimum atomic E-state index is -3.87. The summed E-state index contributed by atoms with van der Waals surface area (Å²) in [5, 5.41) is 4.53. The SMILES string of the molecule is CC(=O)NS(=O)(=O)c1ccc(NC(=O)/C=C/c2cccs2)cc1. The van der Waals surface area contributed by atoms with E-state index in [2.05, 4.69) is 5.32 Å². The van der Waals surface area contributed by atoms with E-state index in [0.717, 1.165) is 11.8 Å². The lowest BCUT2D eigenvalue weighted by atomic mass is 10.3. The van der Waals surface area contributed by atoms with Gasteiger partial charge < -0.3 is 5.32 Å². The Morgan fingerprint density at radius 1 is 1.13 bits per heavy atom. The zero-order valence-corrected chi connectivity index (χ0v) is 13.8. The molecule has 120 valence electrons. The first kappa shape index (κ1) is 16.9. The molecule has 0 atom stereocenters. The number of rotatable bonds is 5. The Hall–Kier alpha value is -2.45. The third-order valence-corrected chi connectivity index (χ3v) is 4.94. The summed E-state index contributed by atoms with van der Waals surface area (Å²) in [6.45, 7) is 1.12. The number of hydrogen-bond acceptors (Lipinski definition) is 5. The van der Waals surface area contributed by atoms with Crippen molar-refractivity contribution in [3.8, 4) is 0 Å². The van der Waals surface area contributed by atoms with Crippen LogP contribution in [-0.4, -0.2) is 20.2 Å². The van der Waals surface area contributed by atoms with Crippen molar-refractivity contribution in [2.24, 2.45) is 0 Å². The highest BCUT2D eigenvalue weighted by Gasteiger charge is 2.15. The summed E-state index contributed by atoms with van der Waals surface area (Å²) in [6.07, 6.45) is 3.09. The normalized spacial score (nSPS) is 11.3. The van der Waals surface area contributed by atoms with Crippen molar-refractivity contribution in [2.75, 3.05) is 5.32 Å². The third kappa shape index (κ3) is 5.04. The Balaban J connectivity index is 2.02. The number of carbonyl (C=O) groups is 2. The molecule has 0 aliphatic rings. The van der Waals surface area contributed by atoms with Crippen LogP contribution in [0.15, 0.2) is 52.7 Å². The summed E-state index contributed by atoms with van der Waals surface area (Å²) in [6, 6.07) is 9.29. The zero-order chi connectivity index (χ0) is 16.9. The number of benzene rings is 1. The fraction of sp³-hybridized carbons (Fsp3) is 0.0667.